The standard InChI is InChI=1S/C16H21N5O4/c1-8-7-13-18-9(2)12(10(3)21(13)20-8)5-6-14(22)25-11(4)15(23)19-16(17)24/h7,11H,5-6H2,1-4H3,(H3,17,19,23,24)/t11-/m0/s1. The normalized spacial score (nSPS) is 12.0. The van der Waals surface area contributed by atoms with Crippen molar-refractivity contribution >= 4 is 23.6 Å². The Bertz CT molecular complexity index is 843. The molecule has 2 aromatic rings. The number of amides is 3. The summed E-state index contributed by atoms with van der Waals surface area (Å²) in [6, 6.07) is 0.893. The van der Waals surface area contributed by atoms with Crippen LogP contribution in [0.4, 0.5) is 4.79 Å². The average Bonchev–Trinajstić information content (AvgIpc) is 2.86. The lowest BCUT2D eigenvalue weighted by Gasteiger charge is -2.13. The van der Waals surface area contributed by atoms with Crippen LogP contribution in [0.15, 0.2) is 6.07 Å². The molecule has 0 saturated carbocycles. The van der Waals surface area contributed by atoms with Gasteiger partial charge in [0.05, 0.1) is 5.69 Å². The first-order valence-corrected chi connectivity index (χ1v) is 7.81. The summed E-state index contributed by atoms with van der Waals surface area (Å²) in [6.07, 6.45) is -0.622. The zero-order chi connectivity index (χ0) is 18.7. The molecular formula is C16H21N5O4. The number of ether oxygens (including phenoxy) is 1. The number of hydrogen-bond donors (Lipinski definition) is 2. The largest absolute Gasteiger partial charge is 0.453 e. The van der Waals surface area contributed by atoms with E-state index >= 15 is 0 Å². The Kier molecular flexibility index (Phi) is 5.35. The summed E-state index contributed by atoms with van der Waals surface area (Å²) in [4.78, 5) is 38.6. The molecule has 0 bridgehead atoms. The molecule has 0 fully saturated rings. The van der Waals surface area contributed by atoms with Gasteiger partial charge < -0.3 is 10.5 Å². The second-order valence-corrected chi connectivity index (χ2v) is 5.80. The fourth-order valence-corrected chi connectivity index (χ4v) is 2.56. The molecule has 9 nitrogen and oxygen atoms in total. The first-order chi connectivity index (χ1) is 11.7. The van der Waals surface area contributed by atoms with Gasteiger partial charge in [-0.25, -0.2) is 14.3 Å². The number of nitrogens with zero attached hydrogens (tertiary/aromatic N) is 3. The molecular weight excluding hydrogens is 326 g/mol. The highest BCUT2D eigenvalue weighted by Gasteiger charge is 2.20. The summed E-state index contributed by atoms with van der Waals surface area (Å²) in [7, 11) is 0. The number of imide groups is 1. The molecule has 0 saturated heterocycles. The van der Waals surface area contributed by atoms with Crippen molar-refractivity contribution in [3.05, 3.63) is 28.7 Å². The molecule has 0 spiro atoms. The molecule has 0 radical (unpaired) electrons. The van der Waals surface area contributed by atoms with Crippen molar-refractivity contribution in [1.82, 2.24) is 19.9 Å². The topological polar surface area (TPSA) is 129 Å². The monoisotopic (exact) mass is 347 g/mol. The first kappa shape index (κ1) is 18.4. The SMILES string of the molecule is Cc1cc2nc(C)c(CCC(=O)O[C@@H](C)C(=O)NC(N)=O)c(C)n2n1. The van der Waals surface area contributed by atoms with E-state index in [2.05, 4.69) is 10.1 Å². The number of nitrogens with one attached hydrogen (secondary N) is 1. The van der Waals surface area contributed by atoms with Crippen LogP contribution in [-0.2, 0) is 20.7 Å². The average molecular weight is 347 g/mol. The van der Waals surface area contributed by atoms with Crippen LogP contribution in [0.3, 0.4) is 0 Å². The van der Waals surface area contributed by atoms with E-state index in [0.717, 1.165) is 28.3 Å². The maximum Gasteiger partial charge on any atom is 0.318 e. The number of carbonyl (C=O) groups is 3. The zero-order valence-corrected chi connectivity index (χ0v) is 14.6. The number of esters is 1. The van der Waals surface area contributed by atoms with Gasteiger partial charge in [-0.1, -0.05) is 0 Å². The van der Waals surface area contributed by atoms with Gasteiger partial charge in [-0.3, -0.25) is 14.9 Å². The molecule has 1 atom stereocenters. The van der Waals surface area contributed by atoms with E-state index in [0.29, 0.717) is 6.42 Å². The first-order valence-electron chi connectivity index (χ1n) is 7.81. The Morgan fingerprint density at radius 2 is 2.00 bits per heavy atom. The highest BCUT2D eigenvalue weighted by Crippen LogP contribution is 2.17. The number of nitrogens with two attached hydrogens (primary N) is 1. The zero-order valence-electron chi connectivity index (χ0n) is 14.6. The van der Waals surface area contributed by atoms with Crippen LogP contribution in [0.5, 0.6) is 0 Å². The summed E-state index contributed by atoms with van der Waals surface area (Å²) in [5, 5.41) is 6.25. The van der Waals surface area contributed by atoms with E-state index in [1.165, 1.54) is 6.92 Å². The maximum absolute atomic E-state index is 11.9. The van der Waals surface area contributed by atoms with Crippen LogP contribution in [0, 0.1) is 20.8 Å². The van der Waals surface area contributed by atoms with E-state index < -0.39 is 24.0 Å². The summed E-state index contributed by atoms with van der Waals surface area (Å²) in [5.41, 5.74) is 9.10. The Morgan fingerprint density at radius 3 is 2.64 bits per heavy atom. The molecule has 0 unspecified atom stereocenters. The minimum Gasteiger partial charge on any atom is -0.453 e. The van der Waals surface area contributed by atoms with Gasteiger partial charge in [-0.15, -0.1) is 0 Å². The summed E-state index contributed by atoms with van der Waals surface area (Å²) in [6.45, 7) is 7.04. The fourth-order valence-electron chi connectivity index (χ4n) is 2.56. The van der Waals surface area contributed by atoms with Crippen LogP contribution in [0.1, 0.15) is 36.0 Å². The Labute approximate surface area is 144 Å². The van der Waals surface area contributed by atoms with Crippen LogP contribution in [-0.4, -0.2) is 38.6 Å². The van der Waals surface area contributed by atoms with E-state index in [-0.39, 0.29) is 6.42 Å². The minimum absolute atomic E-state index is 0.0727. The van der Waals surface area contributed by atoms with Crippen LogP contribution < -0.4 is 11.1 Å². The maximum atomic E-state index is 11.9. The molecule has 3 N–H and O–H groups in total. The number of fused-ring (bicyclic) bond motifs is 1. The number of urea groups is 1. The summed E-state index contributed by atoms with van der Waals surface area (Å²) in [5.74, 6) is -1.31. The van der Waals surface area contributed by atoms with Crippen molar-refractivity contribution in [2.45, 2.75) is 46.6 Å². The molecule has 134 valence electrons. The van der Waals surface area contributed by atoms with E-state index in [4.69, 9.17) is 10.5 Å². The van der Waals surface area contributed by atoms with Gasteiger partial charge >= 0.3 is 12.0 Å². The molecule has 3 amide bonds. The third-order valence-corrected chi connectivity index (χ3v) is 3.79. The Hall–Kier alpha value is -2.97. The van der Waals surface area contributed by atoms with Gasteiger partial charge in [-0.2, -0.15) is 5.10 Å². The predicted octanol–water partition coefficient (Wildman–Crippen LogP) is 0.714. The van der Waals surface area contributed by atoms with Crippen LogP contribution >= 0.6 is 0 Å². The van der Waals surface area contributed by atoms with Crippen molar-refractivity contribution in [1.29, 1.82) is 0 Å². The van der Waals surface area contributed by atoms with Gasteiger partial charge in [0.2, 0.25) is 0 Å². The van der Waals surface area contributed by atoms with Gasteiger partial charge in [-0.05, 0) is 39.7 Å². The lowest BCUT2D eigenvalue weighted by atomic mass is 10.1. The molecule has 0 aliphatic carbocycles. The third kappa shape index (κ3) is 4.31. The number of hydrogen-bond acceptors (Lipinski definition) is 6. The fraction of sp³-hybridized carbons (Fsp3) is 0.438. The highest BCUT2D eigenvalue weighted by atomic mass is 16.5. The van der Waals surface area contributed by atoms with Gasteiger partial charge in [0, 0.05) is 23.9 Å². The molecule has 2 rings (SSSR count). The number of carbonyl (C=O) groups excluding carboxylic acids is 3. The predicted molar refractivity (Wildman–Crippen MR) is 88.8 cm³/mol. The quantitative estimate of drug-likeness (QED) is 0.767. The van der Waals surface area contributed by atoms with E-state index in [1.807, 2.05) is 32.2 Å². The number of aryl methyl sites for hydroxylation is 3. The lowest BCUT2D eigenvalue weighted by Crippen LogP contribution is -2.42. The van der Waals surface area contributed by atoms with Crippen molar-refractivity contribution in [3.8, 4) is 0 Å². The van der Waals surface area contributed by atoms with Crippen LogP contribution in [0.25, 0.3) is 5.65 Å². The van der Waals surface area contributed by atoms with Crippen LogP contribution in [0.2, 0.25) is 0 Å². The number of primary amides is 1. The van der Waals surface area contributed by atoms with Crippen molar-refractivity contribution in [2.75, 3.05) is 0 Å². The van der Waals surface area contributed by atoms with E-state index in [1.54, 1.807) is 4.52 Å². The smallest absolute Gasteiger partial charge is 0.318 e. The number of rotatable bonds is 5. The Balaban J connectivity index is 2.03. The molecule has 9 heteroatoms. The molecule has 0 aliphatic heterocycles. The summed E-state index contributed by atoms with van der Waals surface area (Å²) >= 11 is 0. The van der Waals surface area contributed by atoms with Gasteiger partial charge in [0.15, 0.2) is 11.8 Å². The van der Waals surface area contributed by atoms with Gasteiger partial charge in [0.25, 0.3) is 5.91 Å². The molecule has 2 heterocycles. The number of aromatic nitrogens is 3. The molecule has 0 aromatic carbocycles. The molecule has 0 aliphatic rings. The van der Waals surface area contributed by atoms with Crippen molar-refractivity contribution in [2.24, 2.45) is 5.73 Å². The molecule has 25 heavy (non-hydrogen) atoms. The second-order valence-electron chi connectivity index (χ2n) is 5.80. The van der Waals surface area contributed by atoms with Crippen molar-refractivity contribution in [3.63, 3.8) is 0 Å². The minimum atomic E-state index is -1.10. The third-order valence-electron chi connectivity index (χ3n) is 3.79. The Morgan fingerprint density at radius 1 is 1.32 bits per heavy atom. The second kappa shape index (κ2) is 7.29. The van der Waals surface area contributed by atoms with E-state index in [9.17, 15) is 14.4 Å². The summed E-state index contributed by atoms with van der Waals surface area (Å²) < 4.78 is 6.75. The highest BCUT2D eigenvalue weighted by molar-refractivity contribution is 5.96. The lowest BCUT2D eigenvalue weighted by molar-refractivity contribution is -0.154. The van der Waals surface area contributed by atoms with Gasteiger partial charge in [0.1, 0.15) is 0 Å². The molecule has 2 aromatic heterocycles. The van der Waals surface area contributed by atoms with Crippen molar-refractivity contribution < 1.29 is 19.1 Å².